The van der Waals surface area contributed by atoms with Crippen LogP contribution in [0, 0.1) is 0 Å². The van der Waals surface area contributed by atoms with Gasteiger partial charge in [-0.3, -0.25) is 0 Å². The number of nitrogens with one attached hydrogen (secondary N) is 1. The summed E-state index contributed by atoms with van der Waals surface area (Å²) < 4.78 is 51.7. The van der Waals surface area contributed by atoms with Gasteiger partial charge in [0.2, 0.25) is 5.89 Å². The number of H-pyrrole nitrogens is 1. The molecule has 0 atom stereocenters. The van der Waals surface area contributed by atoms with Gasteiger partial charge in [0.15, 0.2) is 0 Å². The lowest BCUT2D eigenvalue weighted by molar-refractivity contribution is -0.274. The minimum Gasteiger partial charge on any atom is -0.487 e. The Balaban J connectivity index is 1.20. The second-order valence-electron chi connectivity index (χ2n) is 7.73. The molecule has 2 aromatic heterocycles. The second-order valence-corrected chi connectivity index (χ2v) is 7.73. The van der Waals surface area contributed by atoms with Gasteiger partial charge in [0.1, 0.15) is 30.1 Å². The molecule has 10 heteroatoms. The summed E-state index contributed by atoms with van der Waals surface area (Å²) in [6, 6.07) is 13.5. The maximum Gasteiger partial charge on any atom is 0.573 e. The lowest BCUT2D eigenvalue weighted by atomic mass is 10.1. The number of aromatic nitrogens is 4. The average Bonchev–Trinajstić information content (AvgIpc) is 3.52. The zero-order valence-electron chi connectivity index (χ0n) is 18.7. The molecule has 0 unspecified atom stereocenters. The van der Waals surface area contributed by atoms with Crippen molar-refractivity contribution < 1.29 is 27.1 Å². The third-order valence-corrected chi connectivity index (χ3v) is 5.02. The van der Waals surface area contributed by atoms with Crippen LogP contribution in [-0.2, 0) is 19.4 Å². The highest BCUT2D eigenvalue weighted by Crippen LogP contribution is 2.23. The van der Waals surface area contributed by atoms with Gasteiger partial charge >= 0.3 is 6.36 Å². The summed E-state index contributed by atoms with van der Waals surface area (Å²) in [7, 11) is 0. The van der Waals surface area contributed by atoms with E-state index >= 15 is 0 Å². The van der Waals surface area contributed by atoms with Gasteiger partial charge in [0.05, 0.1) is 11.9 Å². The summed E-state index contributed by atoms with van der Waals surface area (Å²) in [5, 5.41) is 10.5. The molecule has 35 heavy (non-hydrogen) atoms. The molecule has 4 aromatic rings. The minimum absolute atomic E-state index is 0.248. The summed E-state index contributed by atoms with van der Waals surface area (Å²) in [4.78, 5) is 4.33. The first kappa shape index (κ1) is 24.1. The molecular formula is C25H23F3N4O3. The maximum absolute atomic E-state index is 12.2. The van der Waals surface area contributed by atoms with E-state index in [0.29, 0.717) is 17.1 Å². The molecule has 0 fully saturated rings. The van der Waals surface area contributed by atoms with Crippen molar-refractivity contribution in [1.29, 1.82) is 0 Å². The predicted molar refractivity (Wildman–Crippen MR) is 122 cm³/mol. The first-order valence-corrected chi connectivity index (χ1v) is 11.0. The number of ether oxygens (including phenoxy) is 2. The van der Waals surface area contributed by atoms with Crippen LogP contribution >= 0.6 is 0 Å². The molecule has 4 rings (SSSR count). The van der Waals surface area contributed by atoms with Crippen molar-refractivity contribution in [3.05, 3.63) is 89.4 Å². The Morgan fingerprint density at radius 2 is 1.63 bits per heavy atom. The van der Waals surface area contributed by atoms with Crippen LogP contribution in [0.1, 0.15) is 41.2 Å². The molecule has 182 valence electrons. The van der Waals surface area contributed by atoms with Gasteiger partial charge in [-0.1, -0.05) is 24.3 Å². The van der Waals surface area contributed by atoms with E-state index in [1.54, 1.807) is 18.3 Å². The lowest BCUT2D eigenvalue weighted by Crippen LogP contribution is -2.16. The van der Waals surface area contributed by atoms with Gasteiger partial charge in [0.25, 0.3) is 0 Å². The van der Waals surface area contributed by atoms with Crippen molar-refractivity contribution in [2.45, 2.75) is 38.7 Å². The standard InChI is InChI=1S/C25H23F3N4O3/c26-25(27,28)35-23-12-7-19(8-13-23)9-14-24-30-21(17-34-24)16-33-22-10-5-18(6-11-22)3-1-2-4-20-15-29-32-31-20/h5-15,17H,1-4,16H2,(H,29,31,32). The van der Waals surface area contributed by atoms with Gasteiger partial charge in [-0.05, 0) is 67.2 Å². The molecule has 1 N–H and O–H groups in total. The largest absolute Gasteiger partial charge is 0.573 e. The number of rotatable bonds is 11. The van der Waals surface area contributed by atoms with Crippen molar-refractivity contribution in [2.24, 2.45) is 0 Å². The number of alkyl halides is 3. The van der Waals surface area contributed by atoms with Crippen LogP contribution in [0.15, 0.2) is 65.4 Å². The number of hydrogen-bond donors (Lipinski definition) is 1. The van der Waals surface area contributed by atoms with Crippen molar-refractivity contribution in [3.8, 4) is 11.5 Å². The van der Waals surface area contributed by atoms with Crippen molar-refractivity contribution in [1.82, 2.24) is 20.4 Å². The molecular weight excluding hydrogens is 461 g/mol. The van der Waals surface area contributed by atoms with E-state index in [2.05, 4.69) is 25.1 Å². The number of halogens is 3. The average molecular weight is 484 g/mol. The molecule has 0 saturated heterocycles. The number of benzene rings is 2. The number of aromatic amines is 1. The van der Waals surface area contributed by atoms with Crippen LogP contribution in [-0.4, -0.2) is 26.8 Å². The second kappa shape index (κ2) is 11.4. The fourth-order valence-corrected chi connectivity index (χ4v) is 3.30. The Bertz CT molecular complexity index is 1200. The molecule has 2 aromatic carbocycles. The third kappa shape index (κ3) is 8.02. The Morgan fingerprint density at radius 1 is 0.886 bits per heavy atom. The predicted octanol–water partition coefficient (Wildman–Crippen LogP) is 6.01. The van der Waals surface area contributed by atoms with E-state index in [-0.39, 0.29) is 12.4 Å². The molecule has 7 nitrogen and oxygen atoms in total. The summed E-state index contributed by atoms with van der Waals surface area (Å²) in [6.45, 7) is 0.248. The van der Waals surface area contributed by atoms with Gasteiger partial charge in [-0.15, -0.1) is 13.2 Å². The van der Waals surface area contributed by atoms with Gasteiger partial charge in [0, 0.05) is 6.08 Å². The highest BCUT2D eigenvalue weighted by atomic mass is 19.4. The minimum atomic E-state index is -4.71. The maximum atomic E-state index is 12.2. The van der Waals surface area contributed by atoms with Crippen molar-refractivity contribution in [2.75, 3.05) is 0 Å². The fraction of sp³-hybridized carbons (Fsp3) is 0.240. The highest BCUT2D eigenvalue weighted by Gasteiger charge is 2.30. The molecule has 0 amide bonds. The first-order valence-electron chi connectivity index (χ1n) is 11.0. The molecule has 0 saturated carbocycles. The van der Waals surface area contributed by atoms with E-state index in [4.69, 9.17) is 9.15 Å². The summed E-state index contributed by atoms with van der Waals surface area (Å²) in [5.74, 6) is 0.818. The number of hydrogen-bond acceptors (Lipinski definition) is 6. The molecule has 0 spiro atoms. The summed E-state index contributed by atoms with van der Waals surface area (Å²) >= 11 is 0. The molecule has 0 aliphatic carbocycles. The SMILES string of the molecule is FC(F)(F)Oc1ccc(C=Cc2nc(COc3ccc(CCCCc4cn[nH]n4)cc3)co2)cc1. The molecule has 0 bridgehead atoms. The molecule has 0 aliphatic rings. The molecule has 2 heterocycles. The monoisotopic (exact) mass is 484 g/mol. The van der Waals surface area contributed by atoms with Gasteiger partial charge in [-0.2, -0.15) is 15.4 Å². The van der Waals surface area contributed by atoms with E-state index in [1.165, 1.54) is 36.1 Å². The smallest absolute Gasteiger partial charge is 0.487 e. The van der Waals surface area contributed by atoms with Crippen LogP contribution in [0.2, 0.25) is 0 Å². The van der Waals surface area contributed by atoms with E-state index in [9.17, 15) is 13.2 Å². The molecule has 0 radical (unpaired) electrons. The van der Waals surface area contributed by atoms with Crippen LogP contribution in [0.4, 0.5) is 13.2 Å². The number of oxazole rings is 1. The normalized spacial score (nSPS) is 11.7. The quantitative estimate of drug-likeness (QED) is 0.263. The zero-order chi connectivity index (χ0) is 24.5. The lowest BCUT2D eigenvalue weighted by Gasteiger charge is -2.08. The van der Waals surface area contributed by atoms with Crippen LogP contribution in [0.5, 0.6) is 11.5 Å². The topological polar surface area (TPSA) is 86.1 Å². The third-order valence-electron chi connectivity index (χ3n) is 5.02. The Morgan fingerprint density at radius 3 is 2.34 bits per heavy atom. The van der Waals surface area contributed by atoms with Gasteiger partial charge < -0.3 is 13.9 Å². The fourth-order valence-electron chi connectivity index (χ4n) is 3.30. The van der Waals surface area contributed by atoms with E-state index < -0.39 is 6.36 Å². The molecule has 0 aliphatic heterocycles. The van der Waals surface area contributed by atoms with Crippen LogP contribution in [0.3, 0.4) is 0 Å². The summed E-state index contributed by atoms with van der Waals surface area (Å²) in [6.07, 6.45) is 5.85. The first-order chi connectivity index (χ1) is 16.9. The summed E-state index contributed by atoms with van der Waals surface area (Å²) in [5.41, 5.74) is 3.52. The van der Waals surface area contributed by atoms with Crippen molar-refractivity contribution in [3.63, 3.8) is 0 Å². The highest BCUT2D eigenvalue weighted by molar-refractivity contribution is 5.66. The van der Waals surface area contributed by atoms with Crippen molar-refractivity contribution >= 4 is 12.2 Å². The van der Waals surface area contributed by atoms with E-state index in [1.807, 2.05) is 24.3 Å². The number of nitrogens with zero attached hydrogens (tertiary/aromatic N) is 3. The number of unbranched alkanes of at least 4 members (excludes halogenated alkanes) is 1. The number of aryl methyl sites for hydroxylation is 2. The zero-order valence-corrected chi connectivity index (χ0v) is 18.7. The van der Waals surface area contributed by atoms with Crippen LogP contribution in [0.25, 0.3) is 12.2 Å². The Kier molecular flexibility index (Phi) is 7.81. The Hall–Kier alpha value is -4.08. The Labute approximate surface area is 199 Å². The van der Waals surface area contributed by atoms with Crippen LogP contribution < -0.4 is 9.47 Å². The van der Waals surface area contributed by atoms with Gasteiger partial charge in [-0.25, -0.2) is 4.98 Å². The van der Waals surface area contributed by atoms with E-state index in [0.717, 1.165) is 37.1 Å².